The molecule has 128 valence electrons. The van der Waals surface area contributed by atoms with Gasteiger partial charge >= 0.3 is 0 Å². The van der Waals surface area contributed by atoms with Gasteiger partial charge in [0.1, 0.15) is 0 Å². The lowest BCUT2D eigenvalue weighted by Crippen LogP contribution is -2.31. The summed E-state index contributed by atoms with van der Waals surface area (Å²) in [6.07, 6.45) is 4.57. The number of hydrogen-bond donors (Lipinski definition) is 1. The normalized spacial score (nSPS) is 17.2. The molecule has 1 saturated heterocycles. The van der Waals surface area contributed by atoms with E-state index < -0.39 is 0 Å². The van der Waals surface area contributed by atoms with Crippen molar-refractivity contribution in [3.63, 3.8) is 0 Å². The Hall–Kier alpha value is -1.56. The second-order valence-corrected chi connectivity index (χ2v) is 6.53. The van der Waals surface area contributed by atoms with E-state index in [4.69, 9.17) is 32.4 Å². The number of carbonyl (C=O) groups is 1. The molecular weight excluding hydrogens is 351 g/mol. The summed E-state index contributed by atoms with van der Waals surface area (Å²) in [6.45, 7) is 1.35. The van der Waals surface area contributed by atoms with Crippen molar-refractivity contribution in [2.24, 2.45) is 0 Å². The molecule has 24 heavy (non-hydrogen) atoms. The first-order valence-corrected chi connectivity index (χ1v) is 8.66. The lowest BCUT2D eigenvalue weighted by Gasteiger charge is -2.10. The molecule has 2 aromatic rings. The van der Waals surface area contributed by atoms with Crippen LogP contribution in [0.4, 0.5) is 0 Å². The highest BCUT2D eigenvalue weighted by molar-refractivity contribution is 6.36. The maximum absolute atomic E-state index is 11.9. The van der Waals surface area contributed by atoms with Gasteiger partial charge in [0.05, 0.1) is 17.3 Å². The van der Waals surface area contributed by atoms with Crippen molar-refractivity contribution >= 4 is 29.1 Å². The molecule has 1 fully saturated rings. The van der Waals surface area contributed by atoms with Crippen LogP contribution < -0.4 is 5.32 Å². The molecule has 1 atom stereocenters. The Morgan fingerprint density at radius 1 is 1.38 bits per heavy atom. The summed E-state index contributed by atoms with van der Waals surface area (Å²) in [5.74, 6) is 1.03. The fourth-order valence-corrected chi connectivity index (χ4v) is 3.08. The van der Waals surface area contributed by atoms with Gasteiger partial charge < -0.3 is 14.5 Å². The highest BCUT2D eigenvalue weighted by Crippen LogP contribution is 2.30. The standard InChI is InChI=1S/C17H18Cl2N2O3/c18-11-3-4-13(14(19)8-11)15-10-21-17(24-15)6-5-16(22)20-9-12-2-1-7-23-12/h3-4,8,10,12H,1-2,5-7,9H2,(H,20,22). The smallest absolute Gasteiger partial charge is 0.220 e. The molecule has 1 N–H and O–H groups in total. The largest absolute Gasteiger partial charge is 0.441 e. The zero-order valence-electron chi connectivity index (χ0n) is 13.1. The molecule has 0 radical (unpaired) electrons. The van der Waals surface area contributed by atoms with E-state index in [1.54, 1.807) is 24.4 Å². The highest BCUT2D eigenvalue weighted by Gasteiger charge is 2.16. The maximum atomic E-state index is 11.9. The van der Waals surface area contributed by atoms with Crippen LogP contribution in [0.3, 0.4) is 0 Å². The molecule has 0 aliphatic carbocycles. The maximum Gasteiger partial charge on any atom is 0.220 e. The van der Waals surface area contributed by atoms with Crippen LogP contribution in [0.15, 0.2) is 28.8 Å². The van der Waals surface area contributed by atoms with Gasteiger partial charge in [-0.25, -0.2) is 4.98 Å². The van der Waals surface area contributed by atoms with E-state index in [0.29, 0.717) is 41.1 Å². The summed E-state index contributed by atoms with van der Waals surface area (Å²) in [7, 11) is 0. The van der Waals surface area contributed by atoms with Crippen LogP contribution in [-0.4, -0.2) is 30.1 Å². The number of rotatable bonds is 6. The molecule has 2 heterocycles. The van der Waals surface area contributed by atoms with Gasteiger partial charge in [0, 0.05) is 36.6 Å². The number of aryl methyl sites for hydroxylation is 1. The van der Waals surface area contributed by atoms with Crippen LogP contribution in [-0.2, 0) is 16.0 Å². The first-order chi connectivity index (χ1) is 11.6. The molecule has 1 amide bonds. The Bertz CT molecular complexity index is 712. The Kier molecular flexibility index (Phi) is 5.76. The van der Waals surface area contributed by atoms with Gasteiger partial charge in [0.15, 0.2) is 11.7 Å². The number of benzene rings is 1. The number of ether oxygens (including phenoxy) is 1. The summed E-state index contributed by atoms with van der Waals surface area (Å²) in [4.78, 5) is 16.1. The zero-order chi connectivity index (χ0) is 16.9. The summed E-state index contributed by atoms with van der Waals surface area (Å²) >= 11 is 12.0. The summed E-state index contributed by atoms with van der Waals surface area (Å²) in [6, 6.07) is 5.17. The average molecular weight is 369 g/mol. The topological polar surface area (TPSA) is 64.4 Å². The van der Waals surface area contributed by atoms with Gasteiger partial charge in [0.2, 0.25) is 5.91 Å². The molecule has 7 heteroatoms. The van der Waals surface area contributed by atoms with E-state index in [-0.39, 0.29) is 12.0 Å². The molecule has 5 nitrogen and oxygen atoms in total. The Labute approximate surface area is 150 Å². The van der Waals surface area contributed by atoms with E-state index in [9.17, 15) is 4.79 Å². The van der Waals surface area contributed by atoms with E-state index in [1.807, 2.05) is 0 Å². The summed E-state index contributed by atoms with van der Waals surface area (Å²) in [5.41, 5.74) is 0.725. The number of aromatic nitrogens is 1. The van der Waals surface area contributed by atoms with Gasteiger partial charge in [-0.05, 0) is 31.0 Å². The van der Waals surface area contributed by atoms with Crippen molar-refractivity contribution in [3.8, 4) is 11.3 Å². The number of halogens is 2. The fraction of sp³-hybridized carbons (Fsp3) is 0.412. The SMILES string of the molecule is O=C(CCc1ncc(-c2ccc(Cl)cc2Cl)o1)NCC1CCCO1. The number of nitrogens with zero attached hydrogens (tertiary/aromatic N) is 1. The Morgan fingerprint density at radius 2 is 2.25 bits per heavy atom. The molecule has 0 spiro atoms. The summed E-state index contributed by atoms with van der Waals surface area (Å²) < 4.78 is 11.1. The van der Waals surface area contributed by atoms with Crippen LogP contribution in [0, 0.1) is 0 Å². The van der Waals surface area contributed by atoms with Crippen molar-refractivity contribution < 1.29 is 13.9 Å². The van der Waals surface area contributed by atoms with Crippen LogP contribution >= 0.6 is 23.2 Å². The molecule has 3 rings (SSSR count). The van der Waals surface area contributed by atoms with E-state index in [2.05, 4.69) is 10.3 Å². The molecular formula is C17H18Cl2N2O3. The molecule has 1 aliphatic heterocycles. The number of nitrogens with one attached hydrogen (secondary N) is 1. The fourth-order valence-electron chi connectivity index (χ4n) is 2.58. The van der Waals surface area contributed by atoms with Crippen LogP contribution in [0.2, 0.25) is 10.0 Å². The Morgan fingerprint density at radius 3 is 3.00 bits per heavy atom. The monoisotopic (exact) mass is 368 g/mol. The van der Waals surface area contributed by atoms with Crippen molar-refractivity contribution in [3.05, 3.63) is 40.3 Å². The number of carbonyl (C=O) groups excluding carboxylic acids is 1. The van der Waals surface area contributed by atoms with E-state index >= 15 is 0 Å². The van der Waals surface area contributed by atoms with Crippen molar-refractivity contribution in [1.82, 2.24) is 10.3 Å². The predicted octanol–water partition coefficient (Wildman–Crippen LogP) is 3.88. The molecule has 0 saturated carbocycles. The number of amides is 1. The lowest BCUT2D eigenvalue weighted by molar-refractivity contribution is -0.121. The van der Waals surface area contributed by atoms with Gasteiger partial charge in [-0.1, -0.05) is 23.2 Å². The number of hydrogen-bond acceptors (Lipinski definition) is 4. The van der Waals surface area contributed by atoms with Crippen LogP contribution in [0.1, 0.15) is 25.2 Å². The molecule has 1 aromatic heterocycles. The average Bonchev–Trinajstić information content (AvgIpc) is 3.22. The van der Waals surface area contributed by atoms with Crippen molar-refractivity contribution in [2.45, 2.75) is 31.8 Å². The van der Waals surface area contributed by atoms with Crippen LogP contribution in [0.25, 0.3) is 11.3 Å². The third kappa shape index (κ3) is 4.50. The second kappa shape index (κ2) is 8.01. The van der Waals surface area contributed by atoms with E-state index in [0.717, 1.165) is 25.0 Å². The Balaban J connectivity index is 1.51. The molecule has 1 aromatic carbocycles. The number of oxazole rings is 1. The minimum atomic E-state index is -0.0326. The van der Waals surface area contributed by atoms with Gasteiger partial charge in [-0.2, -0.15) is 0 Å². The van der Waals surface area contributed by atoms with Crippen LogP contribution in [0.5, 0.6) is 0 Å². The second-order valence-electron chi connectivity index (χ2n) is 5.68. The van der Waals surface area contributed by atoms with Crippen molar-refractivity contribution in [1.29, 1.82) is 0 Å². The minimum Gasteiger partial charge on any atom is -0.441 e. The first-order valence-electron chi connectivity index (χ1n) is 7.90. The third-order valence-corrected chi connectivity index (χ3v) is 4.41. The third-order valence-electron chi connectivity index (χ3n) is 3.87. The minimum absolute atomic E-state index is 0.0326. The quantitative estimate of drug-likeness (QED) is 0.840. The van der Waals surface area contributed by atoms with Gasteiger partial charge in [-0.3, -0.25) is 4.79 Å². The highest BCUT2D eigenvalue weighted by atomic mass is 35.5. The van der Waals surface area contributed by atoms with Gasteiger partial charge in [0.25, 0.3) is 0 Å². The first kappa shape index (κ1) is 17.3. The molecule has 0 bridgehead atoms. The predicted molar refractivity (Wildman–Crippen MR) is 92.3 cm³/mol. The molecule has 1 aliphatic rings. The van der Waals surface area contributed by atoms with Gasteiger partial charge in [-0.15, -0.1) is 0 Å². The molecule has 1 unspecified atom stereocenters. The lowest BCUT2D eigenvalue weighted by atomic mass is 10.2. The zero-order valence-corrected chi connectivity index (χ0v) is 14.6. The van der Waals surface area contributed by atoms with Crippen molar-refractivity contribution in [2.75, 3.05) is 13.2 Å². The summed E-state index contributed by atoms with van der Waals surface area (Å²) in [5, 5.41) is 3.94. The van der Waals surface area contributed by atoms with E-state index in [1.165, 1.54) is 0 Å².